The number of fused-ring (bicyclic) bond motifs is 2. The summed E-state index contributed by atoms with van der Waals surface area (Å²) in [6.45, 7) is 5.82. The molecule has 1 saturated heterocycles. The molecule has 1 aromatic heterocycles. The van der Waals surface area contributed by atoms with Crippen LogP contribution in [0.2, 0.25) is 0 Å². The SMILES string of the molecule is C[n+]1c(/C=C/c2ccc(O)cc2)cc(/C=C2\Sc3ccccc3N2CCCN2CCOCC2)c2ccccc21.[I-]. The zero-order valence-corrected chi connectivity index (χ0v) is 25.6. The van der Waals surface area contributed by atoms with Gasteiger partial charge in [-0.25, -0.2) is 0 Å². The third kappa shape index (κ3) is 6.38. The van der Waals surface area contributed by atoms with Crippen LogP contribution in [0.1, 0.15) is 23.2 Å². The number of rotatable bonds is 7. The van der Waals surface area contributed by atoms with Gasteiger partial charge in [-0.2, -0.15) is 4.57 Å². The number of para-hydroxylation sites is 2. The maximum Gasteiger partial charge on any atom is 0.213 e. The predicted molar refractivity (Wildman–Crippen MR) is 162 cm³/mol. The van der Waals surface area contributed by atoms with Gasteiger partial charge in [0, 0.05) is 49.3 Å². The number of aromatic hydroxyl groups is 1. The third-order valence-corrected chi connectivity index (χ3v) is 8.59. The van der Waals surface area contributed by atoms with E-state index in [4.69, 9.17) is 4.74 Å². The molecule has 0 saturated carbocycles. The number of halogens is 1. The lowest BCUT2D eigenvalue weighted by Crippen LogP contribution is -3.00. The van der Waals surface area contributed by atoms with Crippen molar-refractivity contribution in [2.75, 3.05) is 44.3 Å². The summed E-state index contributed by atoms with van der Waals surface area (Å²) < 4.78 is 7.77. The summed E-state index contributed by atoms with van der Waals surface area (Å²) >= 11 is 1.86. The fraction of sp³-hybridized carbons (Fsp3) is 0.242. The highest BCUT2D eigenvalue weighted by atomic mass is 127. The second-order valence-corrected chi connectivity index (χ2v) is 11.1. The minimum Gasteiger partial charge on any atom is -1.00 e. The molecular formula is C33H34IN3O2S. The van der Waals surface area contributed by atoms with E-state index in [-0.39, 0.29) is 29.7 Å². The van der Waals surface area contributed by atoms with E-state index in [0.717, 1.165) is 57.1 Å². The van der Waals surface area contributed by atoms with E-state index >= 15 is 0 Å². The first-order valence-corrected chi connectivity index (χ1v) is 14.4. The van der Waals surface area contributed by atoms with Gasteiger partial charge in [0.05, 0.1) is 29.3 Å². The summed E-state index contributed by atoms with van der Waals surface area (Å²) in [7, 11) is 2.12. The zero-order valence-electron chi connectivity index (χ0n) is 22.7. The number of ether oxygens (including phenoxy) is 1. The average molecular weight is 664 g/mol. The van der Waals surface area contributed by atoms with Crippen molar-refractivity contribution >= 4 is 46.6 Å². The lowest BCUT2D eigenvalue weighted by Gasteiger charge is -2.28. The molecule has 1 fully saturated rings. The van der Waals surface area contributed by atoms with Gasteiger partial charge in [0.1, 0.15) is 12.8 Å². The first kappa shape index (κ1) is 28.7. The second-order valence-electron chi connectivity index (χ2n) is 10.0. The van der Waals surface area contributed by atoms with Crippen molar-refractivity contribution in [2.24, 2.45) is 7.05 Å². The van der Waals surface area contributed by atoms with Crippen LogP contribution in [-0.2, 0) is 11.8 Å². The van der Waals surface area contributed by atoms with Crippen LogP contribution in [0.4, 0.5) is 5.69 Å². The van der Waals surface area contributed by atoms with Crippen LogP contribution in [-0.4, -0.2) is 49.4 Å². The number of thioether (sulfide) groups is 1. The number of anilines is 1. The molecule has 0 aliphatic carbocycles. The summed E-state index contributed by atoms with van der Waals surface area (Å²) in [6, 6.07) is 26.9. The van der Waals surface area contributed by atoms with Crippen LogP contribution in [0.15, 0.2) is 88.8 Å². The maximum atomic E-state index is 9.64. The molecular weight excluding hydrogens is 629 g/mol. The van der Waals surface area contributed by atoms with Gasteiger partial charge < -0.3 is 38.7 Å². The van der Waals surface area contributed by atoms with Crippen molar-refractivity contribution in [3.05, 3.63) is 101 Å². The Kier molecular flexibility index (Phi) is 9.47. The van der Waals surface area contributed by atoms with Crippen molar-refractivity contribution in [1.82, 2.24) is 4.90 Å². The normalized spacial score (nSPS) is 16.5. The molecule has 6 rings (SSSR count). The topological polar surface area (TPSA) is 39.8 Å². The quantitative estimate of drug-likeness (QED) is 0.243. The van der Waals surface area contributed by atoms with Gasteiger partial charge in [-0.05, 0) is 60.0 Å². The largest absolute Gasteiger partial charge is 1.00 e. The Hall–Kier alpha value is -2.85. The Morgan fingerprint density at radius 1 is 0.925 bits per heavy atom. The molecule has 0 unspecified atom stereocenters. The Bertz CT molecular complexity index is 1530. The average Bonchev–Trinajstić information content (AvgIpc) is 3.32. The molecule has 3 aromatic carbocycles. The fourth-order valence-electron chi connectivity index (χ4n) is 5.33. The van der Waals surface area contributed by atoms with Gasteiger partial charge in [0.15, 0.2) is 0 Å². The monoisotopic (exact) mass is 663 g/mol. The van der Waals surface area contributed by atoms with Gasteiger partial charge in [-0.1, -0.05) is 48.2 Å². The number of phenolic OH excluding ortho intramolecular Hbond substituents is 1. The molecule has 4 aromatic rings. The number of benzene rings is 3. The summed E-state index contributed by atoms with van der Waals surface area (Å²) in [5, 5.41) is 12.1. The Labute approximate surface area is 257 Å². The van der Waals surface area contributed by atoms with Gasteiger partial charge >= 0.3 is 0 Å². The van der Waals surface area contributed by atoms with E-state index in [1.165, 1.54) is 32.1 Å². The van der Waals surface area contributed by atoms with Gasteiger partial charge in [0.2, 0.25) is 11.2 Å². The van der Waals surface area contributed by atoms with E-state index in [9.17, 15) is 5.11 Å². The number of phenols is 1. The fourth-order valence-corrected chi connectivity index (χ4v) is 6.47. The second kappa shape index (κ2) is 13.2. The van der Waals surface area contributed by atoms with Gasteiger partial charge in [-0.15, -0.1) is 0 Å². The molecule has 0 bridgehead atoms. The van der Waals surface area contributed by atoms with Crippen LogP contribution in [0.25, 0.3) is 29.1 Å². The first-order chi connectivity index (χ1) is 19.2. The van der Waals surface area contributed by atoms with E-state index in [1.807, 2.05) is 23.9 Å². The molecule has 0 spiro atoms. The lowest BCUT2D eigenvalue weighted by molar-refractivity contribution is -0.646. The van der Waals surface area contributed by atoms with Crippen molar-refractivity contribution in [1.29, 1.82) is 0 Å². The van der Waals surface area contributed by atoms with E-state index in [0.29, 0.717) is 0 Å². The van der Waals surface area contributed by atoms with Crippen LogP contribution in [0.5, 0.6) is 5.75 Å². The maximum absolute atomic E-state index is 9.64. The van der Waals surface area contributed by atoms with Crippen LogP contribution >= 0.6 is 11.8 Å². The Balaban J connectivity index is 0.00000323. The Morgan fingerprint density at radius 3 is 2.50 bits per heavy atom. The smallest absolute Gasteiger partial charge is 0.213 e. The summed E-state index contributed by atoms with van der Waals surface area (Å²) in [5.74, 6) is 0.280. The van der Waals surface area contributed by atoms with E-state index in [2.05, 4.69) is 94.2 Å². The number of morpholine rings is 1. The summed E-state index contributed by atoms with van der Waals surface area (Å²) in [6.07, 6.45) is 7.72. The molecule has 0 amide bonds. The number of aryl methyl sites for hydroxylation is 1. The molecule has 40 heavy (non-hydrogen) atoms. The summed E-state index contributed by atoms with van der Waals surface area (Å²) in [4.78, 5) is 6.32. The highest BCUT2D eigenvalue weighted by Gasteiger charge is 2.25. The lowest BCUT2D eigenvalue weighted by atomic mass is 10.1. The van der Waals surface area contributed by atoms with Crippen LogP contribution in [0.3, 0.4) is 0 Å². The number of pyridine rings is 1. The number of nitrogens with zero attached hydrogens (tertiary/aromatic N) is 3. The van der Waals surface area contributed by atoms with E-state index < -0.39 is 0 Å². The standard InChI is InChI=1S/C33H33N3O2S.HI/c1-34-27(14-11-25-12-15-28(37)16-13-25)23-26(29-7-2-3-8-30(29)34)24-33-36(31-9-4-5-10-32(31)39-33)18-6-17-35-19-21-38-22-20-35;/h2-5,7-16,23-24H,6,17-22H2,1H3;1H/b33-24-;. The molecule has 2 aliphatic heterocycles. The van der Waals surface area contributed by atoms with Crippen LogP contribution < -0.4 is 33.4 Å². The first-order valence-electron chi connectivity index (χ1n) is 13.6. The van der Waals surface area contributed by atoms with Crippen molar-refractivity contribution in [2.45, 2.75) is 11.3 Å². The van der Waals surface area contributed by atoms with Crippen molar-refractivity contribution in [3.63, 3.8) is 0 Å². The molecule has 3 heterocycles. The minimum atomic E-state index is 0. The highest BCUT2D eigenvalue weighted by molar-refractivity contribution is 8.03. The zero-order chi connectivity index (χ0) is 26.6. The van der Waals surface area contributed by atoms with Gasteiger partial charge in [-0.3, -0.25) is 4.90 Å². The van der Waals surface area contributed by atoms with Crippen molar-refractivity contribution < 1.29 is 38.4 Å². The number of hydrogen-bond donors (Lipinski definition) is 1. The van der Waals surface area contributed by atoms with Crippen LogP contribution in [0, 0.1) is 0 Å². The molecule has 5 nitrogen and oxygen atoms in total. The molecule has 0 radical (unpaired) electrons. The Morgan fingerprint density at radius 2 is 1.68 bits per heavy atom. The van der Waals surface area contributed by atoms with Gasteiger partial charge in [0.25, 0.3) is 0 Å². The number of aromatic nitrogens is 1. The predicted octanol–water partition coefficient (Wildman–Crippen LogP) is 3.18. The highest BCUT2D eigenvalue weighted by Crippen LogP contribution is 2.46. The third-order valence-electron chi connectivity index (χ3n) is 7.48. The molecule has 206 valence electrons. The molecule has 1 N–H and O–H groups in total. The molecule has 0 atom stereocenters. The number of hydrogen-bond acceptors (Lipinski definition) is 5. The minimum absolute atomic E-state index is 0. The summed E-state index contributed by atoms with van der Waals surface area (Å²) in [5.41, 5.74) is 5.87. The van der Waals surface area contributed by atoms with Crippen molar-refractivity contribution in [3.8, 4) is 5.75 Å². The molecule has 7 heteroatoms. The van der Waals surface area contributed by atoms with E-state index in [1.54, 1.807) is 12.1 Å². The molecule has 2 aliphatic rings.